The van der Waals surface area contributed by atoms with E-state index < -0.39 is 19.5 Å². The van der Waals surface area contributed by atoms with Crippen molar-refractivity contribution in [1.29, 1.82) is 0 Å². The van der Waals surface area contributed by atoms with E-state index >= 15 is 0 Å². The second kappa shape index (κ2) is 16.4. The normalized spacial score (nSPS) is 13.7. The summed E-state index contributed by atoms with van der Waals surface area (Å²) in [7, 11) is 0. The van der Waals surface area contributed by atoms with Gasteiger partial charge in [0.15, 0.2) is 0 Å². The van der Waals surface area contributed by atoms with Gasteiger partial charge < -0.3 is 0 Å². The monoisotopic (exact) mass is 496 g/mol. The topological polar surface area (TPSA) is 147 Å². The van der Waals surface area contributed by atoms with Crippen molar-refractivity contribution in [3.63, 3.8) is 0 Å². The van der Waals surface area contributed by atoms with E-state index in [0.29, 0.717) is 32.1 Å². The van der Waals surface area contributed by atoms with Crippen molar-refractivity contribution < 1.29 is 40.6 Å². The molecular formula is C15H35O10Sb. The molecule has 160 valence electrons. The van der Waals surface area contributed by atoms with Gasteiger partial charge in [0.05, 0.1) is 0 Å². The maximum absolute atomic E-state index is 9.05. The van der Waals surface area contributed by atoms with Crippen LogP contribution in [0.4, 0.5) is 0 Å². The molecule has 0 aliphatic carbocycles. The summed E-state index contributed by atoms with van der Waals surface area (Å²) in [6.45, 7) is -0.212. The number of rotatable bonds is 20. The third-order valence-corrected chi connectivity index (χ3v) is 11.6. The minimum absolute atomic E-state index is 0.0642. The van der Waals surface area contributed by atoms with Crippen molar-refractivity contribution >= 4 is 19.5 Å². The van der Waals surface area contributed by atoms with Gasteiger partial charge in [-0.3, -0.25) is 0 Å². The van der Waals surface area contributed by atoms with E-state index in [1.54, 1.807) is 0 Å². The third-order valence-electron chi connectivity index (χ3n) is 3.02. The fourth-order valence-corrected chi connectivity index (χ4v) is 9.99. The summed E-state index contributed by atoms with van der Waals surface area (Å²) in [6.07, 6.45) is 1.53. The van der Waals surface area contributed by atoms with Crippen LogP contribution in [0.3, 0.4) is 0 Å². The van der Waals surface area contributed by atoms with Crippen LogP contribution in [0.25, 0.3) is 0 Å². The van der Waals surface area contributed by atoms with Crippen LogP contribution in [0.1, 0.15) is 32.1 Å². The first-order valence-electron chi connectivity index (χ1n) is 8.94. The van der Waals surface area contributed by atoms with Crippen molar-refractivity contribution in [1.82, 2.24) is 0 Å². The number of aliphatic hydroxyl groups excluding tert-OH is 5. The van der Waals surface area contributed by atoms with Gasteiger partial charge in [-0.25, -0.2) is 0 Å². The van der Waals surface area contributed by atoms with Gasteiger partial charge in [0, 0.05) is 0 Å². The van der Waals surface area contributed by atoms with Crippen molar-refractivity contribution in [2.75, 3.05) is 66.1 Å². The van der Waals surface area contributed by atoms with Crippen molar-refractivity contribution in [2.45, 2.75) is 32.1 Å². The Bertz CT molecular complexity index is 245. The van der Waals surface area contributed by atoms with Crippen LogP contribution in [0, 0.1) is 0 Å². The quantitative estimate of drug-likeness (QED) is 0.103. The van der Waals surface area contributed by atoms with Gasteiger partial charge in [0.1, 0.15) is 0 Å². The first kappa shape index (κ1) is 26.4. The molecular weight excluding hydrogens is 462 g/mol. The summed E-state index contributed by atoms with van der Waals surface area (Å²) in [5, 5.41) is 45.3. The van der Waals surface area contributed by atoms with Gasteiger partial charge in [0.2, 0.25) is 0 Å². The molecule has 0 aliphatic rings. The molecule has 0 fully saturated rings. The Labute approximate surface area is 158 Å². The molecule has 0 heterocycles. The third kappa shape index (κ3) is 10.7. The van der Waals surface area contributed by atoms with Crippen molar-refractivity contribution in [3.8, 4) is 0 Å². The molecule has 0 rings (SSSR count). The summed E-state index contributed by atoms with van der Waals surface area (Å²) in [4.78, 5) is 0. The Hall–Kier alpha value is 0.418. The van der Waals surface area contributed by atoms with Crippen molar-refractivity contribution in [3.05, 3.63) is 0 Å². The molecule has 0 aromatic heterocycles. The molecule has 26 heavy (non-hydrogen) atoms. The van der Waals surface area contributed by atoms with Gasteiger partial charge in [-0.05, 0) is 0 Å². The molecule has 0 saturated heterocycles. The summed E-state index contributed by atoms with van der Waals surface area (Å²) in [5.74, 6) is 0. The van der Waals surface area contributed by atoms with Crippen LogP contribution in [-0.4, -0.2) is 111 Å². The van der Waals surface area contributed by atoms with E-state index in [1.807, 2.05) is 0 Å². The number of hydrogen-bond acceptors (Lipinski definition) is 10. The van der Waals surface area contributed by atoms with Crippen LogP contribution in [0.2, 0.25) is 0 Å². The number of hydrogen-bond donors (Lipinski definition) is 5. The molecule has 0 aromatic rings. The SMILES string of the molecule is OCCC[O][Sb]([O]CCCO)([O]CCCO)([O]CCCO)[O]CCCO. The molecule has 10 nitrogen and oxygen atoms in total. The fourth-order valence-electron chi connectivity index (χ4n) is 1.76. The van der Waals surface area contributed by atoms with E-state index in [1.165, 1.54) is 0 Å². The van der Waals surface area contributed by atoms with Gasteiger partial charge >= 0.3 is 158 Å². The first-order valence-corrected chi connectivity index (χ1v) is 14.1. The zero-order valence-corrected chi connectivity index (χ0v) is 17.9. The first-order chi connectivity index (χ1) is 12.6. The van der Waals surface area contributed by atoms with E-state index in [0.717, 1.165) is 0 Å². The molecule has 0 spiro atoms. The Morgan fingerprint density at radius 3 is 0.731 bits per heavy atom. The van der Waals surface area contributed by atoms with Crippen LogP contribution in [0.5, 0.6) is 0 Å². The van der Waals surface area contributed by atoms with Gasteiger partial charge in [-0.1, -0.05) is 0 Å². The molecule has 0 atom stereocenters. The molecule has 0 aliphatic heterocycles. The predicted molar refractivity (Wildman–Crippen MR) is 94.0 cm³/mol. The summed E-state index contributed by atoms with van der Waals surface area (Å²) in [5.41, 5.74) is 0. The van der Waals surface area contributed by atoms with Gasteiger partial charge in [-0.2, -0.15) is 0 Å². The van der Waals surface area contributed by atoms with Gasteiger partial charge in [0.25, 0.3) is 0 Å². The Kier molecular flexibility index (Phi) is 16.6. The van der Waals surface area contributed by atoms with Crippen LogP contribution in [-0.2, 0) is 15.1 Å². The second-order valence-corrected chi connectivity index (χ2v) is 13.2. The molecule has 0 saturated carbocycles. The molecule has 0 radical (unpaired) electrons. The molecule has 0 unspecified atom stereocenters. The van der Waals surface area contributed by atoms with Crippen LogP contribution < -0.4 is 0 Å². The fraction of sp³-hybridized carbons (Fsp3) is 1.00. The Balaban J connectivity index is 5.49. The molecule has 11 heteroatoms. The summed E-state index contributed by atoms with van der Waals surface area (Å²) < 4.78 is 29.4. The predicted octanol–water partition coefficient (Wildman–Crippen LogP) is -1.13. The van der Waals surface area contributed by atoms with E-state index in [4.69, 9.17) is 40.6 Å². The van der Waals surface area contributed by atoms with Crippen LogP contribution in [0.15, 0.2) is 0 Å². The average Bonchev–Trinajstić information content (AvgIpc) is 2.63. The Morgan fingerprint density at radius 1 is 0.385 bits per heavy atom. The molecule has 0 bridgehead atoms. The minimum atomic E-state index is -5.57. The maximum atomic E-state index is 9.05. The Morgan fingerprint density at radius 2 is 0.577 bits per heavy atom. The molecule has 5 N–H and O–H groups in total. The summed E-state index contributed by atoms with van der Waals surface area (Å²) in [6, 6.07) is 0. The zero-order chi connectivity index (χ0) is 19.6. The molecule has 0 aromatic carbocycles. The van der Waals surface area contributed by atoms with Crippen LogP contribution >= 0.6 is 0 Å². The molecule has 0 amide bonds. The average molecular weight is 497 g/mol. The van der Waals surface area contributed by atoms with E-state index in [-0.39, 0.29) is 66.1 Å². The van der Waals surface area contributed by atoms with Gasteiger partial charge in [-0.15, -0.1) is 0 Å². The van der Waals surface area contributed by atoms with Crippen molar-refractivity contribution in [2.24, 2.45) is 0 Å². The van der Waals surface area contributed by atoms with E-state index in [2.05, 4.69) is 0 Å². The standard InChI is InChI=1S/5C3H7O2.Sb/c5*4-2-1-3-5;/h5*4H,1-3H2;/q5*-1;+5. The number of aliphatic hydroxyl groups is 5. The second-order valence-electron chi connectivity index (χ2n) is 5.30. The van der Waals surface area contributed by atoms with E-state index in [9.17, 15) is 0 Å². The summed E-state index contributed by atoms with van der Waals surface area (Å²) >= 11 is -5.57. The zero-order valence-electron chi connectivity index (χ0n) is 15.3.